The Hall–Kier alpha value is -2.30. The van der Waals surface area contributed by atoms with Gasteiger partial charge in [0.25, 0.3) is 0 Å². The quantitative estimate of drug-likeness (QED) is 0.600. The number of aryl methyl sites for hydroxylation is 1. The third kappa shape index (κ3) is 4.43. The van der Waals surface area contributed by atoms with Crippen LogP contribution in [0.15, 0.2) is 35.2 Å². The molecule has 0 bridgehead atoms. The first-order valence-electron chi connectivity index (χ1n) is 10.7. The number of hydrogen-bond donors (Lipinski definition) is 0. The van der Waals surface area contributed by atoms with Crippen LogP contribution in [0, 0.1) is 6.92 Å². The van der Waals surface area contributed by atoms with Gasteiger partial charge in [0.2, 0.25) is 0 Å². The summed E-state index contributed by atoms with van der Waals surface area (Å²) in [6.07, 6.45) is 0.667. The van der Waals surface area contributed by atoms with Crippen molar-refractivity contribution in [2.24, 2.45) is 0 Å². The Labute approximate surface area is 195 Å². The highest BCUT2D eigenvalue weighted by molar-refractivity contribution is 7.96. The van der Waals surface area contributed by atoms with Crippen LogP contribution >= 0.6 is 0 Å². The summed E-state index contributed by atoms with van der Waals surface area (Å²) in [6.45, 7) is 2.78. The normalized spacial score (nSPS) is 22.5. The second-order valence-corrected chi connectivity index (χ2v) is 12.9. The van der Waals surface area contributed by atoms with Gasteiger partial charge in [0.1, 0.15) is 5.75 Å². The van der Waals surface area contributed by atoms with E-state index >= 15 is 0 Å². The van der Waals surface area contributed by atoms with Gasteiger partial charge in [-0.15, -0.1) is 0 Å². The molecule has 8 nitrogen and oxygen atoms in total. The molecular weight excluding hydrogens is 466 g/mol. The minimum atomic E-state index is -3.88. The second kappa shape index (κ2) is 8.81. The topological polar surface area (TPSA) is 99.2 Å². The largest absolute Gasteiger partial charge is 0.496 e. The second-order valence-electron chi connectivity index (χ2n) is 8.56. The summed E-state index contributed by atoms with van der Waals surface area (Å²) in [5.41, 5.74) is 2.76. The van der Waals surface area contributed by atoms with Gasteiger partial charge in [-0.2, -0.15) is 0 Å². The molecule has 1 fully saturated rings. The average Bonchev–Trinajstić information content (AvgIpc) is 3.13. The molecule has 1 saturated heterocycles. The maximum absolute atomic E-state index is 13.6. The van der Waals surface area contributed by atoms with Crippen LogP contribution in [0.5, 0.6) is 17.2 Å². The lowest BCUT2D eigenvalue weighted by Crippen LogP contribution is -2.48. The van der Waals surface area contributed by atoms with E-state index in [4.69, 9.17) is 14.2 Å². The lowest BCUT2D eigenvalue weighted by molar-refractivity contribution is 0.195. The van der Waals surface area contributed by atoms with Crippen molar-refractivity contribution in [3.05, 3.63) is 47.0 Å². The van der Waals surface area contributed by atoms with Gasteiger partial charge in [0, 0.05) is 19.1 Å². The summed E-state index contributed by atoms with van der Waals surface area (Å²) in [7, 11) is -2.71. The van der Waals surface area contributed by atoms with Gasteiger partial charge >= 0.3 is 0 Å². The number of nitrogens with zero attached hydrogens (tertiary/aromatic N) is 1. The summed E-state index contributed by atoms with van der Waals surface area (Å²) in [5.74, 6) is 1.27. The number of methoxy groups -OCH3 is 3. The van der Waals surface area contributed by atoms with Crippen LogP contribution in [-0.2, 0) is 32.6 Å². The summed E-state index contributed by atoms with van der Waals surface area (Å²) in [6, 6.07) is 7.86. The van der Waals surface area contributed by atoms with E-state index in [1.54, 1.807) is 33.3 Å². The van der Waals surface area contributed by atoms with Gasteiger partial charge in [-0.25, -0.2) is 16.8 Å². The number of fused-ring (bicyclic) bond motifs is 1. The van der Waals surface area contributed by atoms with E-state index in [2.05, 4.69) is 0 Å². The number of benzene rings is 2. The molecule has 2 atom stereocenters. The minimum Gasteiger partial charge on any atom is -0.496 e. The SMILES string of the molecule is COc1ccc(S(=O)(=O)[C@H]2CS(=O)(=O)C[C@@H]2N2CCc3cc(OC)c(OC)cc3C2)cc1C. The molecular formula is C23H29NO7S2. The molecule has 0 aromatic heterocycles. The van der Waals surface area contributed by atoms with E-state index < -0.39 is 31.0 Å². The summed E-state index contributed by atoms with van der Waals surface area (Å²) in [5, 5.41) is -1.03. The predicted molar refractivity (Wildman–Crippen MR) is 125 cm³/mol. The fraction of sp³-hybridized carbons (Fsp3) is 0.478. The lowest BCUT2D eigenvalue weighted by atomic mass is 9.97. The number of ether oxygens (including phenoxy) is 3. The van der Waals surface area contributed by atoms with E-state index in [1.807, 2.05) is 17.0 Å². The van der Waals surface area contributed by atoms with Gasteiger partial charge < -0.3 is 14.2 Å². The fourth-order valence-corrected chi connectivity index (χ4v) is 9.74. The van der Waals surface area contributed by atoms with Crippen LogP contribution in [0.1, 0.15) is 16.7 Å². The number of rotatable bonds is 6. The number of sulfone groups is 2. The summed E-state index contributed by atoms with van der Waals surface area (Å²) < 4.78 is 68.5. The molecule has 2 heterocycles. The van der Waals surface area contributed by atoms with E-state index in [0.29, 0.717) is 42.3 Å². The molecule has 33 heavy (non-hydrogen) atoms. The van der Waals surface area contributed by atoms with Crippen LogP contribution in [0.4, 0.5) is 0 Å². The zero-order valence-corrected chi connectivity index (χ0v) is 20.8. The molecule has 0 amide bonds. The molecule has 2 aromatic rings. The lowest BCUT2D eigenvalue weighted by Gasteiger charge is -2.36. The standard InChI is InChI=1S/C23H29NO7S2/c1-15-9-18(5-6-20(15)29-2)33(27,28)23-14-32(25,26)13-19(23)24-8-7-16-10-21(30-3)22(31-4)11-17(16)12-24/h5-6,9-11,19,23H,7-8,12-14H2,1-4H3/t19-,23-/m0/s1. The Kier molecular flexibility index (Phi) is 6.36. The first-order chi connectivity index (χ1) is 15.6. The fourth-order valence-electron chi connectivity index (χ4n) is 4.82. The van der Waals surface area contributed by atoms with Crippen LogP contribution < -0.4 is 14.2 Å². The van der Waals surface area contributed by atoms with Crippen molar-refractivity contribution in [3.63, 3.8) is 0 Å². The van der Waals surface area contributed by atoms with Gasteiger partial charge in [0.15, 0.2) is 31.2 Å². The molecule has 0 saturated carbocycles. The van der Waals surface area contributed by atoms with Crippen LogP contribution in [-0.4, -0.2) is 72.4 Å². The Morgan fingerprint density at radius 3 is 2.15 bits per heavy atom. The highest BCUT2D eigenvalue weighted by Crippen LogP contribution is 2.36. The average molecular weight is 496 g/mol. The molecule has 0 radical (unpaired) electrons. The maximum Gasteiger partial charge on any atom is 0.183 e. The molecule has 2 aromatic carbocycles. The van der Waals surface area contributed by atoms with Crippen LogP contribution in [0.3, 0.4) is 0 Å². The van der Waals surface area contributed by atoms with Crippen LogP contribution in [0.2, 0.25) is 0 Å². The van der Waals surface area contributed by atoms with Gasteiger partial charge in [-0.05, 0) is 60.4 Å². The monoisotopic (exact) mass is 495 g/mol. The van der Waals surface area contributed by atoms with Crippen molar-refractivity contribution in [2.45, 2.75) is 36.1 Å². The first kappa shape index (κ1) is 23.8. The Balaban J connectivity index is 1.68. The van der Waals surface area contributed by atoms with Gasteiger partial charge in [0.05, 0.1) is 43.0 Å². The molecule has 0 unspecified atom stereocenters. The third-order valence-electron chi connectivity index (χ3n) is 6.58. The number of hydrogen-bond acceptors (Lipinski definition) is 8. The van der Waals surface area contributed by atoms with Crippen molar-refractivity contribution >= 4 is 19.7 Å². The summed E-state index contributed by atoms with van der Waals surface area (Å²) >= 11 is 0. The minimum absolute atomic E-state index is 0.122. The molecule has 10 heteroatoms. The van der Waals surface area contributed by atoms with E-state index in [9.17, 15) is 16.8 Å². The Bertz CT molecular complexity index is 1270. The van der Waals surface area contributed by atoms with E-state index in [0.717, 1.165) is 11.1 Å². The molecule has 2 aliphatic heterocycles. The maximum atomic E-state index is 13.6. The molecule has 4 rings (SSSR count). The van der Waals surface area contributed by atoms with Crippen LogP contribution in [0.25, 0.3) is 0 Å². The zero-order chi connectivity index (χ0) is 24.0. The first-order valence-corrected chi connectivity index (χ1v) is 14.0. The van der Waals surface area contributed by atoms with Gasteiger partial charge in [-0.1, -0.05) is 0 Å². The highest BCUT2D eigenvalue weighted by Gasteiger charge is 2.48. The van der Waals surface area contributed by atoms with Crippen molar-refractivity contribution in [1.82, 2.24) is 4.90 Å². The van der Waals surface area contributed by atoms with Gasteiger partial charge in [-0.3, -0.25) is 4.90 Å². The molecule has 180 valence electrons. The van der Waals surface area contributed by atoms with Crippen molar-refractivity contribution < 1.29 is 31.0 Å². The molecule has 0 N–H and O–H groups in total. The van der Waals surface area contributed by atoms with E-state index in [1.165, 1.54) is 13.2 Å². The van der Waals surface area contributed by atoms with Crippen molar-refractivity contribution in [3.8, 4) is 17.2 Å². The third-order valence-corrected chi connectivity index (χ3v) is 10.7. The predicted octanol–water partition coefficient (Wildman–Crippen LogP) is 2.02. The highest BCUT2D eigenvalue weighted by atomic mass is 32.2. The molecule has 2 aliphatic rings. The molecule has 0 spiro atoms. The smallest absolute Gasteiger partial charge is 0.183 e. The molecule has 0 aliphatic carbocycles. The van der Waals surface area contributed by atoms with Crippen molar-refractivity contribution in [1.29, 1.82) is 0 Å². The zero-order valence-electron chi connectivity index (χ0n) is 19.2. The van der Waals surface area contributed by atoms with Crippen molar-refractivity contribution in [2.75, 3.05) is 39.4 Å². The Morgan fingerprint density at radius 1 is 0.909 bits per heavy atom. The Morgan fingerprint density at radius 2 is 1.55 bits per heavy atom. The van der Waals surface area contributed by atoms with E-state index in [-0.39, 0.29) is 16.4 Å². The summed E-state index contributed by atoms with van der Waals surface area (Å²) in [4.78, 5) is 2.11.